The molecule has 0 aliphatic carbocycles. The monoisotopic (exact) mass is 175 g/mol. The molecule has 2 heterocycles. The topological polar surface area (TPSA) is 30.2 Å². The smallest absolute Gasteiger partial charge is 0.153 e. The molecule has 2 aromatic heterocycles. The molecule has 0 saturated carbocycles. The van der Waals surface area contributed by atoms with Gasteiger partial charge in [0.15, 0.2) is 5.65 Å². The van der Waals surface area contributed by atoms with E-state index in [0.717, 1.165) is 17.8 Å². The zero-order valence-electron chi connectivity index (χ0n) is 7.94. The lowest BCUT2D eigenvalue weighted by molar-refractivity contribution is 0.712. The van der Waals surface area contributed by atoms with Crippen LogP contribution in [0, 0.1) is 0 Å². The van der Waals surface area contributed by atoms with Gasteiger partial charge in [-0.15, -0.1) is 0 Å². The second kappa shape index (κ2) is 3.17. The van der Waals surface area contributed by atoms with Crippen LogP contribution in [-0.2, 0) is 0 Å². The normalized spacial score (nSPS) is 13.4. The molecule has 0 bridgehead atoms. The molecule has 0 amide bonds. The maximum Gasteiger partial charge on any atom is 0.153 e. The minimum atomic E-state index is 0.515. The van der Waals surface area contributed by atoms with E-state index in [0.29, 0.717) is 5.92 Å². The van der Waals surface area contributed by atoms with Crippen LogP contribution < -0.4 is 0 Å². The zero-order valence-corrected chi connectivity index (χ0v) is 7.94. The molecule has 0 aliphatic rings. The van der Waals surface area contributed by atoms with Gasteiger partial charge in [-0.3, -0.25) is 0 Å². The average molecular weight is 175 g/mol. The lowest BCUT2D eigenvalue weighted by Crippen LogP contribution is -1.90. The van der Waals surface area contributed by atoms with E-state index in [1.807, 2.05) is 22.8 Å². The summed E-state index contributed by atoms with van der Waals surface area (Å²) in [4.78, 5) is 4.48. The third-order valence-electron chi connectivity index (χ3n) is 2.37. The fourth-order valence-corrected chi connectivity index (χ4v) is 1.30. The Hall–Kier alpha value is -1.38. The first-order valence-corrected chi connectivity index (χ1v) is 4.61. The Kier molecular flexibility index (Phi) is 2.00. The van der Waals surface area contributed by atoms with E-state index in [1.54, 1.807) is 6.20 Å². The third-order valence-corrected chi connectivity index (χ3v) is 2.37. The Morgan fingerprint density at radius 3 is 3.08 bits per heavy atom. The third kappa shape index (κ3) is 1.41. The summed E-state index contributed by atoms with van der Waals surface area (Å²) in [6.45, 7) is 4.35. The highest BCUT2D eigenvalue weighted by Crippen LogP contribution is 2.17. The van der Waals surface area contributed by atoms with Gasteiger partial charge in [-0.05, 0) is 24.5 Å². The Balaban J connectivity index is 2.49. The van der Waals surface area contributed by atoms with E-state index in [2.05, 4.69) is 23.9 Å². The molecular weight excluding hydrogens is 162 g/mol. The molecule has 2 rings (SSSR count). The molecule has 2 aromatic rings. The molecule has 0 spiro atoms. The first kappa shape index (κ1) is 8.23. The largest absolute Gasteiger partial charge is 0.232 e. The van der Waals surface area contributed by atoms with Crippen LogP contribution in [0.1, 0.15) is 31.9 Å². The maximum atomic E-state index is 4.48. The quantitative estimate of drug-likeness (QED) is 0.700. The van der Waals surface area contributed by atoms with E-state index in [4.69, 9.17) is 0 Å². The number of fused-ring (bicyclic) bond motifs is 1. The highest BCUT2D eigenvalue weighted by atomic mass is 15.2. The standard InChI is InChI=1S/C10H13N3/c1-3-8(2)9-7-13-10(12-9)5-4-6-11-13/h4-8H,3H2,1-2H3. The fourth-order valence-electron chi connectivity index (χ4n) is 1.30. The summed E-state index contributed by atoms with van der Waals surface area (Å²) in [5.41, 5.74) is 2.05. The summed E-state index contributed by atoms with van der Waals surface area (Å²) < 4.78 is 1.82. The van der Waals surface area contributed by atoms with Crippen molar-refractivity contribution in [3.05, 3.63) is 30.2 Å². The molecule has 13 heavy (non-hydrogen) atoms. The first-order chi connectivity index (χ1) is 6.31. The molecule has 1 atom stereocenters. The predicted octanol–water partition coefficient (Wildman–Crippen LogP) is 2.24. The Morgan fingerprint density at radius 2 is 2.38 bits per heavy atom. The van der Waals surface area contributed by atoms with Crippen molar-refractivity contribution in [2.75, 3.05) is 0 Å². The summed E-state index contributed by atoms with van der Waals surface area (Å²) >= 11 is 0. The zero-order chi connectivity index (χ0) is 9.26. The van der Waals surface area contributed by atoms with Crippen LogP contribution in [0.25, 0.3) is 5.65 Å². The maximum absolute atomic E-state index is 4.48. The van der Waals surface area contributed by atoms with Crippen molar-refractivity contribution in [3.63, 3.8) is 0 Å². The first-order valence-electron chi connectivity index (χ1n) is 4.61. The van der Waals surface area contributed by atoms with Gasteiger partial charge in [-0.2, -0.15) is 5.10 Å². The van der Waals surface area contributed by atoms with Crippen LogP contribution in [0.2, 0.25) is 0 Å². The van der Waals surface area contributed by atoms with Crippen LogP contribution in [0.3, 0.4) is 0 Å². The van der Waals surface area contributed by atoms with Crippen LogP contribution in [-0.4, -0.2) is 14.6 Å². The molecule has 0 saturated heterocycles. The van der Waals surface area contributed by atoms with Crippen molar-refractivity contribution in [1.82, 2.24) is 14.6 Å². The van der Waals surface area contributed by atoms with Gasteiger partial charge < -0.3 is 0 Å². The molecule has 1 unspecified atom stereocenters. The summed E-state index contributed by atoms with van der Waals surface area (Å²) in [7, 11) is 0. The molecule has 0 aliphatic heterocycles. The summed E-state index contributed by atoms with van der Waals surface area (Å²) in [6.07, 6.45) is 4.89. The van der Waals surface area contributed by atoms with Gasteiger partial charge >= 0.3 is 0 Å². The van der Waals surface area contributed by atoms with E-state index < -0.39 is 0 Å². The molecule has 3 heteroatoms. The molecule has 0 N–H and O–H groups in total. The van der Waals surface area contributed by atoms with Gasteiger partial charge in [0.05, 0.1) is 11.9 Å². The average Bonchev–Trinajstić information content (AvgIpc) is 2.59. The second-order valence-electron chi connectivity index (χ2n) is 3.30. The Labute approximate surface area is 77.4 Å². The summed E-state index contributed by atoms with van der Waals surface area (Å²) in [6, 6.07) is 3.88. The minimum Gasteiger partial charge on any atom is -0.232 e. The van der Waals surface area contributed by atoms with Crippen molar-refractivity contribution in [2.24, 2.45) is 0 Å². The predicted molar refractivity (Wildman–Crippen MR) is 51.7 cm³/mol. The van der Waals surface area contributed by atoms with Crippen LogP contribution >= 0.6 is 0 Å². The van der Waals surface area contributed by atoms with Crippen molar-refractivity contribution in [2.45, 2.75) is 26.2 Å². The number of nitrogens with zero attached hydrogens (tertiary/aromatic N) is 3. The lowest BCUT2D eigenvalue weighted by Gasteiger charge is -2.00. The van der Waals surface area contributed by atoms with Crippen LogP contribution in [0.15, 0.2) is 24.5 Å². The molecule has 0 fully saturated rings. The summed E-state index contributed by atoms with van der Waals surface area (Å²) in [5, 5.41) is 4.17. The number of aromatic nitrogens is 3. The van der Waals surface area contributed by atoms with Gasteiger partial charge in [-0.25, -0.2) is 9.50 Å². The Morgan fingerprint density at radius 1 is 1.54 bits per heavy atom. The number of hydrogen-bond acceptors (Lipinski definition) is 2. The van der Waals surface area contributed by atoms with Crippen molar-refractivity contribution >= 4 is 5.65 Å². The molecular formula is C10H13N3. The number of hydrogen-bond donors (Lipinski definition) is 0. The van der Waals surface area contributed by atoms with Crippen LogP contribution in [0.5, 0.6) is 0 Å². The number of imidazole rings is 1. The van der Waals surface area contributed by atoms with E-state index in [-0.39, 0.29) is 0 Å². The van der Waals surface area contributed by atoms with Gasteiger partial charge in [0.25, 0.3) is 0 Å². The van der Waals surface area contributed by atoms with Gasteiger partial charge in [0.2, 0.25) is 0 Å². The molecule has 0 aromatic carbocycles. The minimum absolute atomic E-state index is 0.515. The fraction of sp³-hybridized carbons (Fsp3) is 0.400. The van der Waals surface area contributed by atoms with Crippen molar-refractivity contribution in [1.29, 1.82) is 0 Å². The lowest BCUT2D eigenvalue weighted by atomic mass is 10.1. The second-order valence-corrected chi connectivity index (χ2v) is 3.30. The number of rotatable bonds is 2. The highest BCUT2D eigenvalue weighted by molar-refractivity contribution is 5.37. The van der Waals surface area contributed by atoms with E-state index in [1.165, 1.54) is 0 Å². The highest BCUT2D eigenvalue weighted by Gasteiger charge is 2.07. The molecule has 3 nitrogen and oxygen atoms in total. The van der Waals surface area contributed by atoms with E-state index >= 15 is 0 Å². The van der Waals surface area contributed by atoms with Crippen LogP contribution in [0.4, 0.5) is 0 Å². The van der Waals surface area contributed by atoms with Gasteiger partial charge in [-0.1, -0.05) is 13.8 Å². The summed E-state index contributed by atoms with van der Waals surface area (Å²) in [5.74, 6) is 0.515. The SMILES string of the molecule is CCC(C)c1cn2ncccc2n1. The van der Waals surface area contributed by atoms with Gasteiger partial charge in [0, 0.05) is 6.20 Å². The molecule has 0 radical (unpaired) electrons. The Bertz CT molecular complexity index is 372. The van der Waals surface area contributed by atoms with Crippen molar-refractivity contribution in [3.8, 4) is 0 Å². The van der Waals surface area contributed by atoms with Crippen molar-refractivity contribution < 1.29 is 0 Å². The molecule has 68 valence electrons. The van der Waals surface area contributed by atoms with Gasteiger partial charge in [0.1, 0.15) is 0 Å². The van der Waals surface area contributed by atoms with E-state index in [9.17, 15) is 0 Å².